The van der Waals surface area contributed by atoms with Gasteiger partial charge in [-0.2, -0.15) is 0 Å². The summed E-state index contributed by atoms with van der Waals surface area (Å²) < 4.78 is 1.43. The van der Waals surface area contributed by atoms with Crippen LogP contribution < -0.4 is 3.58 Å². The van der Waals surface area contributed by atoms with Crippen molar-refractivity contribution >= 4 is 26.1 Å². The topological polar surface area (TPSA) is 12.9 Å². The molecular weight excluding hydrogens is 229 g/mol. The molecule has 1 aromatic rings. The van der Waals surface area contributed by atoms with Crippen molar-refractivity contribution in [2.45, 2.75) is 19.8 Å². The summed E-state index contributed by atoms with van der Waals surface area (Å²) >= 11 is 1.48. The van der Waals surface area contributed by atoms with Crippen molar-refractivity contribution in [2.75, 3.05) is 0 Å². The first-order valence-corrected chi connectivity index (χ1v) is 4.80. The molecule has 0 saturated carbocycles. The third-order valence-electron chi connectivity index (χ3n) is 1.47. The van der Waals surface area contributed by atoms with E-state index in [-0.39, 0.29) is 0 Å². The van der Waals surface area contributed by atoms with Crippen LogP contribution in [0, 0.1) is 0 Å². The predicted molar refractivity (Wildman–Crippen MR) is 43.7 cm³/mol. The number of hydrogen-bond donors (Lipinski definition) is 0. The van der Waals surface area contributed by atoms with E-state index < -0.39 is 0 Å². The van der Waals surface area contributed by atoms with Gasteiger partial charge in [0.2, 0.25) is 0 Å². The van der Waals surface area contributed by atoms with E-state index in [1.807, 2.05) is 12.4 Å². The first-order chi connectivity index (χ1) is 4.72. The molecule has 0 atom stereocenters. The van der Waals surface area contributed by atoms with Gasteiger partial charge in [0, 0.05) is 0 Å². The normalized spacial score (nSPS) is 10.4. The van der Waals surface area contributed by atoms with Crippen LogP contribution in [0.25, 0.3) is 0 Å². The fourth-order valence-corrected chi connectivity index (χ4v) is 2.09. The molecule has 51 valence electrons. The Morgan fingerprint density at radius 2 is 2.20 bits per heavy atom. The molecule has 1 nitrogen and oxygen atoms in total. The van der Waals surface area contributed by atoms with Crippen molar-refractivity contribution in [2.24, 2.45) is 0 Å². The number of hydrogen-bond acceptors (Lipinski definition) is 1. The molecular formula is C8H10NSn. The van der Waals surface area contributed by atoms with Crippen LogP contribution in [0.15, 0.2) is 18.5 Å². The summed E-state index contributed by atoms with van der Waals surface area (Å²) in [5, 5.41) is 0. The van der Waals surface area contributed by atoms with Gasteiger partial charge in [-0.3, -0.25) is 0 Å². The molecule has 0 unspecified atom stereocenters. The molecule has 0 aliphatic carbocycles. The summed E-state index contributed by atoms with van der Waals surface area (Å²) in [4.78, 5) is 4.08. The van der Waals surface area contributed by atoms with E-state index in [0.29, 0.717) is 5.92 Å². The van der Waals surface area contributed by atoms with Gasteiger partial charge in [-0.05, 0) is 0 Å². The summed E-state index contributed by atoms with van der Waals surface area (Å²) in [5.41, 5.74) is 1.39. The predicted octanol–water partition coefficient (Wildman–Crippen LogP) is 0.999. The number of pyridine rings is 1. The van der Waals surface area contributed by atoms with Crippen LogP contribution in [0.1, 0.15) is 25.3 Å². The Hall–Kier alpha value is -0.0513. The molecule has 10 heavy (non-hydrogen) atoms. The maximum atomic E-state index is 4.08. The summed E-state index contributed by atoms with van der Waals surface area (Å²) in [6.45, 7) is 4.40. The Bertz CT molecular complexity index is 220. The summed E-state index contributed by atoms with van der Waals surface area (Å²) in [7, 11) is 0. The average molecular weight is 239 g/mol. The van der Waals surface area contributed by atoms with Crippen LogP contribution in [0.2, 0.25) is 0 Å². The van der Waals surface area contributed by atoms with Gasteiger partial charge in [-0.15, -0.1) is 0 Å². The number of aromatic nitrogens is 1. The zero-order valence-corrected chi connectivity index (χ0v) is 9.11. The first kappa shape index (κ1) is 8.05. The molecule has 1 aromatic heterocycles. The van der Waals surface area contributed by atoms with Crippen molar-refractivity contribution in [1.82, 2.24) is 4.98 Å². The second kappa shape index (κ2) is 3.37. The zero-order valence-electron chi connectivity index (χ0n) is 6.26. The van der Waals surface area contributed by atoms with E-state index in [2.05, 4.69) is 24.9 Å². The van der Waals surface area contributed by atoms with Crippen molar-refractivity contribution < 1.29 is 0 Å². The quantitative estimate of drug-likeness (QED) is 0.666. The van der Waals surface area contributed by atoms with Crippen LogP contribution in [0.5, 0.6) is 0 Å². The average Bonchev–Trinajstić information content (AvgIpc) is 1.88. The molecule has 0 fully saturated rings. The third kappa shape index (κ3) is 1.72. The second-order valence-corrected chi connectivity index (χ2v) is 4.16. The van der Waals surface area contributed by atoms with E-state index in [1.165, 1.54) is 31.7 Å². The molecule has 0 aliphatic heterocycles. The molecule has 1 rings (SSSR count). The summed E-state index contributed by atoms with van der Waals surface area (Å²) in [6.07, 6.45) is 3.82. The molecule has 0 bridgehead atoms. The molecule has 0 spiro atoms. The molecule has 0 amide bonds. The van der Waals surface area contributed by atoms with E-state index in [4.69, 9.17) is 0 Å². The Morgan fingerprint density at radius 3 is 2.60 bits per heavy atom. The Kier molecular flexibility index (Phi) is 2.71. The van der Waals surface area contributed by atoms with Gasteiger partial charge < -0.3 is 0 Å². The molecule has 0 N–H and O–H groups in total. The van der Waals surface area contributed by atoms with Crippen LogP contribution in [-0.4, -0.2) is 27.5 Å². The Balaban J connectivity index is 3.03. The van der Waals surface area contributed by atoms with Crippen molar-refractivity contribution in [3.63, 3.8) is 0 Å². The van der Waals surface area contributed by atoms with Gasteiger partial charge in [0.15, 0.2) is 0 Å². The minimum absolute atomic E-state index is 0.614. The number of nitrogens with zero attached hydrogens (tertiary/aromatic N) is 1. The van der Waals surface area contributed by atoms with Crippen LogP contribution in [0.3, 0.4) is 0 Å². The van der Waals surface area contributed by atoms with Gasteiger partial charge in [-0.1, -0.05) is 0 Å². The molecule has 0 saturated heterocycles. The molecule has 3 radical (unpaired) electrons. The van der Waals surface area contributed by atoms with Crippen molar-refractivity contribution in [3.05, 3.63) is 24.0 Å². The maximum absolute atomic E-state index is 4.08. The van der Waals surface area contributed by atoms with E-state index >= 15 is 0 Å². The van der Waals surface area contributed by atoms with Crippen LogP contribution >= 0.6 is 0 Å². The fraction of sp³-hybridized carbons (Fsp3) is 0.375. The van der Waals surface area contributed by atoms with E-state index in [1.54, 1.807) is 0 Å². The molecule has 1 heterocycles. The van der Waals surface area contributed by atoms with Gasteiger partial charge in [0.05, 0.1) is 0 Å². The first-order valence-electron chi connectivity index (χ1n) is 3.37. The van der Waals surface area contributed by atoms with Gasteiger partial charge in [0.1, 0.15) is 0 Å². The minimum atomic E-state index is 0.614. The SMILES string of the molecule is CC(C)c1cncc[c]1[Sn]. The third-order valence-corrected chi connectivity index (χ3v) is 2.77. The van der Waals surface area contributed by atoms with Crippen molar-refractivity contribution in [3.8, 4) is 0 Å². The number of rotatable bonds is 1. The van der Waals surface area contributed by atoms with Crippen LogP contribution in [0.4, 0.5) is 0 Å². The fourth-order valence-electron chi connectivity index (χ4n) is 0.867. The Labute approximate surface area is 75.0 Å². The molecule has 0 aliphatic rings. The van der Waals surface area contributed by atoms with Crippen molar-refractivity contribution in [1.29, 1.82) is 0 Å². The standard InChI is InChI=1S/C8H10N.Sn/c1-7(2)8-4-3-5-9-6-8;/h3,5-7H,1-2H3;. The van der Waals surface area contributed by atoms with Gasteiger partial charge in [-0.25, -0.2) is 0 Å². The molecule has 0 aromatic carbocycles. The molecule has 2 heteroatoms. The van der Waals surface area contributed by atoms with Gasteiger partial charge >= 0.3 is 74.9 Å². The van der Waals surface area contributed by atoms with E-state index in [0.717, 1.165) is 0 Å². The Morgan fingerprint density at radius 1 is 1.50 bits per heavy atom. The summed E-state index contributed by atoms with van der Waals surface area (Å²) in [6, 6.07) is 2.09. The van der Waals surface area contributed by atoms with Gasteiger partial charge in [0.25, 0.3) is 0 Å². The second-order valence-electron chi connectivity index (χ2n) is 2.62. The van der Waals surface area contributed by atoms with Crippen LogP contribution in [-0.2, 0) is 0 Å². The monoisotopic (exact) mass is 240 g/mol. The summed E-state index contributed by atoms with van der Waals surface area (Å²) in [5.74, 6) is 0.614. The zero-order chi connectivity index (χ0) is 7.56. The van der Waals surface area contributed by atoms with E-state index in [9.17, 15) is 0 Å².